The number of nitrogens with zero attached hydrogens (tertiary/aromatic N) is 1. The van der Waals surface area contributed by atoms with E-state index in [-0.39, 0.29) is 11.3 Å². The van der Waals surface area contributed by atoms with Gasteiger partial charge in [-0.15, -0.1) is 0 Å². The predicted molar refractivity (Wildman–Crippen MR) is 42.0 cm³/mol. The van der Waals surface area contributed by atoms with Gasteiger partial charge < -0.3 is 5.11 Å². The van der Waals surface area contributed by atoms with Crippen molar-refractivity contribution < 1.29 is 10.0 Å². The lowest BCUT2D eigenvalue weighted by atomic mass is 10.1. The lowest BCUT2D eigenvalue weighted by Gasteiger charge is -2.10. The summed E-state index contributed by atoms with van der Waals surface area (Å²) in [5.74, 6) is 0. The van der Waals surface area contributed by atoms with E-state index in [1.54, 1.807) is 6.92 Å². The van der Waals surface area contributed by atoms with Crippen molar-refractivity contribution in [2.75, 3.05) is 0 Å². The fourth-order valence-corrected chi connectivity index (χ4v) is 0.883. The molecule has 11 heavy (non-hydrogen) atoms. The molecule has 1 N–H and O–H groups in total. The van der Waals surface area contributed by atoms with E-state index < -0.39 is 12.1 Å². The average molecular weight is 161 g/mol. The molecule has 0 aliphatic rings. The summed E-state index contributed by atoms with van der Waals surface area (Å²) in [6, 6.07) is -0.579. The SMILES string of the molecule is CCC(O)CC(CC)[N+](=O)[O-]. The van der Waals surface area contributed by atoms with Crippen molar-refractivity contribution in [1.29, 1.82) is 0 Å². The van der Waals surface area contributed by atoms with Crippen molar-refractivity contribution in [3.8, 4) is 0 Å². The van der Waals surface area contributed by atoms with Gasteiger partial charge in [0, 0.05) is 17.8 Å². The maximum absolute atomic E-state index is 10.3. The summed E-state index contributed by atoms with van der Waals surface area (Å²) in [6.07, 6.45) is 0.833. The fourth-order valence-electron chi connectivity index (χ4n) is 0.883. The topological polar surface area (TPSA) is 63.4 Å². The van der Waals surface area contributed by atoms with Crippen LogP contribution in [0.1, 0.15) is 33.1 Å². The molecule has 0 fully saturated rings. The monoisotopic (exact) mass is 161 g/mol. The second-order valence-electron chi connectivity index (χ2n) is 2.65. The Morgan fingerprint density at radius 1 is 1.45 bits per heavy atom. The summed E-state index contributed by atoms with van der Waals surface area (Å²) in [5, 5.41) is 19.4. The Labute approximate surface area is 66.4 Å². The molecule has 0 heterocycles. The van der Waals surface area contributed by atoms with Crippen molar-refractivity contribution in [1.82, 2.24) is 0 Å². The highest BCUT2D eigenvalue weighted by molar-refractivity contribution is 4.60. The minimum Gasteiger partial charge on any atom is -0.393 e. The van der Waals surface area contributed by atoms with Gasteiger partial charge in [-0.05, 0) is 6.42 Å². The first kappa shape index (κ1) is 10.4. The standard InChI is InChI=1S/C7H15NO3/c1-3-6(8(10)11)5-7(9)4-2/h6-7,9H,3-5H2,1-2H3. The molecule has 0 rings (SSSR count). The largest absolute Gasteiger partial charge is 0.393 e. The predicted octanol–water partition coefficient (Wildman–Crippen LogP) is 1.20. The minimum atomic E-state index is -0.579. The zero-order chi connectivity index (χ0) is 8.85. The first-order valence-corrected chi connectivity index (χ1v) is 3.93. The van der Waals surface area contributed by atoms with Crippen molar-refractivity contribution >= 4 is 0 Å². The number of hydrogen-bond acceptors (Lipinski definition) is 3. The van der Waals surface area contributed by atoms with E-state index >= 15 is 0 Å². The van der Waals surface area contributed by atoms with Crippen LogP contribution in [0, 0.1) is 10.1 Å². The molecule has 0 aromatic rings. The number of aliphatic hydroxyl groups excluding tert-OH is 1. The van der Waals surface area contributed by atoms with E-state index in [0.717, 1.165) is 0 Å². The molecule has 2 atom stereocenters. The molecular weight excluding hydrogens is 146 g/mol. The number of nitro groups is 1. The van der Waals surface area contributed by atoms with Crippen molar-refractivity contribution in [3.05, 3.63) is 10.1 Å². The normalized spacial score (nSPS) is 15.9. The zero-order valence-electron chi connectivity index (χ0n) is 6.99. The molecule has 0 aromatic carbocycles. The fraction of sp³-hybridized carbons (Fsp3) is 1.00. The Bertz CT molecular complexity index is 127. The van der Waals surface area contributed by atoms with Crippen molar-refractivity contribution in [3.63, 3.8) is 0 Å². The number of rotatable bonds is 5. The van der Waals surface area contributed by atoms with E-state index in [2.05, 4.69) is 0 Å². The maximum atomic E-state index is 10.3. The molecule has 4 nitrogen and oxygen atoms in total. The molecule has 0 bridgehead atoms. The number of hydrogen-bond donors (Lipinski definition) is 1. The molecule has 66 valence electrons. The second kappa shape index (κ2) is 5.07. The lowest BCUT2D eigenvalue weighted by Crippen LogP contribution is -2.24. The summed E-state index contributed by atoms with van der Waals surface area (Å²) in [5.41, 5.74) is 0. The van der Waals surface area contributed by atoms with Gasteiger partial charge in [0.25, 0.3) is 0 Å². The molecular formula is C7H15NO3. The second-order valence-corrected chi connectivity index (χ2v) is 2.65. The third-order valence-corrected chi connectivity index (χ3v) is 1.78. The molecule has 0 aliphatic carbocycles. The van der Waals surface area contributed by atoms with Crippen LogP contribution >= 0.6 is 0 Å². The smallest absolute Gasteiger partial charge is 0.215 e. The highest BCUT2D eigenvalue weighted by atomic mass is 16.6. The van der Waals surface area contributed by atoms with Gasteiger partial charge >= 0.3 is 0 Å². The van der Waals surface area contributed by atoms with Crippen molar-refractivity contribution in [2.45, 2.75) is 45.3 Å². The van der Waals surface area contributed by atoms with Crippen LogP contribution in [-0.4, -0.2) is 22.2 Å². The molecule has 4 heteroatoms. The number of aliphatic hydroxyl groups is 1. The molecule has 0 spiro atoms. The average Bonchev–Trinajstić information content (AvgIpc) is 1.99. The molecule has 0 saturated carbocycles. The zero-order valence-corrected chi connectivity index (χ0v) is 6.99. The van der Waals surface area contributed by atoms with Gasteiger partial charge in [-0.2, -0.15) is 0 Å². The Kier molecular flexibility index (Phi) is 4.77. The van der Waals surface area contributed by atoms with Crippen LogP contribution in [0.3, 0.4) is 0 Å². The van der Waals surface area contributed by atoms with Crippen molar-refractivity contribution in [2.24, 2.45) is 0 Å². The first-order valence-electron chi connectivity index (χ1n) is 3.93. The van der Waals surface area contributed by atoms with Gasteiger partial charge in [-0.1, -0.05) is 13.8 Å². The Hall–Kier alpha value is -0.640. The Morgan fingerprint density at radius 3 is 2.27 bits per heavy atom. The summed E-state index contributed by atoms with van der Waals surface area (Å²) in [7, 11) is 0. The first-order chi connectivity index (χ1) is 5.11. The van der Waals surface area contributed by atoms with Crippen LogP contribution in [0.15, 0.2) is 0 Å². The third-order valence-electron chi connectivity index (χ3n) is 1.78. The maximum Gasteiger partial charge on any atom is 0.215 e. The van der Waals surface area contributed by atoms with Gasteiger partial charge in [0.1, 0.15) is 0 Å². The van der Waals surface area contributed by atoms with Gasteiger partial charge in [-0.25, -0.2) is 0 Å². The third kappa shape index (κ3) is 3.93. The molecule has 0 radical (unpaired) electrons. The molecule has 0 aliphatic heterocycles. The minimum absolute atomic E-state index is 0.278. The van der Waals surface area contributed by atoms with Crippen LogP contribution < -0.4 is 0 Å². The van der Waals surface area contributed by atoms with E-state index in [1.807, 2.05) is 6.92 Å². The lowest BCUT2D eigenvalue weighted by molar-refractivity contribution is -0.525. The van der Waals surface area contributed by atoms with Crippen LogP contribution in [0.4, 0.5) is 0 Å². The van der Waals surface area contributed by atoms with Crippen LogP contribution in [0.25, 0.3) is 0 Å². The van der Waals surface area contributed by atoms with Gasteiger partial charge in [0.05, 0.1) is 6.10 Å². The molecule has 2 unspecified atom stereocenters. The van der Waals surface area contributed by atoms with Gasteiger partial charge in [-0.3, -0.25) is 10.1 Å². The Morgan fingerprint density at radius 2 is 2.00 bits per heavy atom. The van der Waals surface area contributed by atoms with Crippen LogP contribution in [0.5, 0.6) is 0 Å². The summed E-state index contributed by atoms with van der Waals surface area (Å²) >= 11 is 0. The molecule has 0 amide bonds. The van der Waals surface area contributed by atoms with Crippen LogP contribution in [-0.2, 0) is 0 Å². The Balaban J connectivity index is 3.77. The quantitative estimate of drug-likeness (QED) is 0.486. The summed E-state index contributed by atoms with van der Waals surface area (Å²) < 4.78 is 0. The van der Waals surface area contributed by atoms with Gasteiger partial charge in [0.2, 0.25) is 6.04 Å². The van der Waals surface area contributed by atoms with E-state index in [4.69, 9.17) is 5.11 Å². The summed E-state index contributed by atoms with van der Waals surface area (Å²) in [6.45, 7) is 3.58. The molecule has 0 saturated heterocycles. The summed E-state index contributed by atoms with van der Waals surface area (Å²) in [4.78, 5) is 9.96. The van der Waals surface area contributed by atoms with E-state index in [1.165, 1.54) is 0 Å². The van der Waals surface area contributed by atoms with E-state index in [9.17, 15) is 10.1 Å². The van der Waals surface area contributed by atoms with Crippen LogP contribution in [0.2, 0.25) is 0 Å². The van der Waals surface area contributed by atoms with E-state index in [0.29, 0.717) is 12.8 Å². The van der Waals surface area contributed by atoms with Gasteiger partial charge in [0.15, 0.2) is 0 Å². The highest BCUT2D eigenvalue weighted by Crippen LogP contribution is 2.07. The highest BCUT2D eigenvalue weighted by Gasteiger charge is 2.20. The molecule has 0 aromatic heterocycles.